The van der Waals surface area contributed by atoms with Crippen molar-refractivity contribution in [3.63, 3.8) is 0 Å². The van der Waals surface area contributed by atoms with Crippen molar-refractivity contribution in [2.24, 2.45) is 0 Å². The van der Waals surface area contributed by atoms with Crippen LogP contribution in [-0.4, -0.2) is 37.2 Å². The van der Waals surface area contributed by atoms with Gasteiger partial charge in [0.15, 0.2) is 6.10 Å². The molecule has 1 unspecified atom stereocenters. The molecule has 0 aromatic heterocycles. The van der Waals surface area contributed by atoms with Crippen LogP contribution in [0.25, 0.3) is 0 Å². The highest BCUT2D eigenvalue weighted by atomic mass is 16.6. The molecule has 0 bridgehead atoms. The monoisotopic (exact) mass is 1080 g/mol. The Kier molecular flexibility index (Phi) is 64.6. The fourth-order valence-electron chi connectivity index (χ4n) is 10.7. The van der Waals surface area contributed by atoms with Gasteiger partial charge in [0.05, 0.1) is 0 Å². The minimum absolute atomic E-state index is 0.0649. The predicted molar refractivity (Wildman–Crippen MR) is 335 cm³/mol. The number of esters is 3. The Hall–Kier alpha value is -2.11. The minimum atomic E-state index is -0.768. The van der Waals surface area contributed by atoms with Gasteiger partial charge in [0.1, 0.15) is 13.2 Å². The van der Waals surface area contributed by atoms with Crippen molar-refractivity contribution in [2.75, 3.05) is 13.2 Å². The summed E-state index contributed by atoms with van der Waals surface area (Å²) in [5, 5.41) is 0. The number of allylic oxidation sites excluding steroid dienone is 4. The van der Waals surface area contributed by atoms with Gasteiger partial charge in [-0.05, 0) is 51.4 Å². The third-order valence-electron chi connectivity index (χ3n) is 16.0. The van der Waals surface area contributed by atoms with Gasteiger partial charge in [0, 0.05) is 19.3 Å². The molecule has 0 radical (unpaired) electrons. The summed E-state index contributed by atoms with van der Waals surface area (Å²) in [6.45, 7) is 6.71. The van der Waals surface area contributed by atoms with Crippen LogP contribution >= 0.6 is 0 Å². The summed E-state index contributed by atoms with van der Waals surface area (Å²) in [4.78, 5) is 38.4. The van der Waals surface area contributed by atoms with Crippen molar-refractivity contribution in [2.45, 2.75) is 399 Å². The first kappa shape index (κ1) is 74.9. The number of ether oxygens (including phenoxy) is 3. The Morgan fingerprint density at radius 1 is 0.260 bits per heavy atom. The molecule has 0 heterocycles. The van der Waals surface area contributed by atoms with E-state index >= 15 is 0 Å². The molecule has 0 saturated carbocycles. The van der Waals surface area contributed by atoms with Gasteiger partial charge in [-0.1, -0.05) is 347 Å². The van der Waals surface area contributed by atoms with Crippen LogP contribution in [0, 0.1) is 0 Å². The quantitative estimate of drug-likeness (QED) is 0.0261. The Morgan fingerprint density at radius 2 is 0.468 bits per heavy atom. The van der Waals surface area contributed by atoms with E-state index in [0.29, 0.717) is 19.3 Å². The first-order valence-corrected chi connectivity index (χ1v) is 34.8. The molecule has 454 valence electrons. The van der Waals surface area contributed by atoms with Crippen molar-refractivity contribution < 1.29 is 28.6 Å². The molecule has 0 amide bonds. The molecular formula is C71H134O6. The van der Waals surface area contributed by atoms with Gasteiger partial charge < -0.3 is 14.2 Å². The number of carbonyl (C=O) groups is 3. The smallest absolute Gasteiger partial charge is 0.306 e. The lowest BCUT2D eigenvalue weighted by Gasteiger charge is -2.18. The zero-order chi connectivity index (χ0) is 55.7. The molecule has 0 fully saturated rings. The third kappa shape index (κ3) is 64.6. The predicted octanol–water partition coefficient (Wildman–Crippen LogP) is 23.8. The highest BCUT2D eigenvalue weighted by Crippen LogP contribution is 2.19. The second-order valence-corrected chi connectivity index (χ2v) is 23.8. The Morgan fingerprint density at radius 3 is 0.714 bits per heavy atom. The molecule has 0 spiro atoms. The summed E-state index contributed by atoms with van der Waals surface area (Å²) >= 11 is 0. The zero-order valence-electron chi connectivity index (χ0n) is 52.3. The molecular weight excluding hydrogens is 949 g/mol. The molecule has 77 heavy (non-hydrogen) atoms. The Balaban J connectivity index is 4.26. The molecule has 0 aliphatic carbocycles. The average molecular weight is 1080 g/mol. The van der Waals surface area contributed by atoms with Gasteiger partial charge in [0.25, 0.3) is 0 Å². The van der Waals surface area contributed by atoms with Gasteiger partial charge >= 0.3 is 17.9 Å². The van der Waals surface area contributed by atoms with Gasteiger partial charge in [-0.2, -0.15) is 0 Å². The highest BCUT2D eigenvalue weighted by molar-refractivity contribution is 5.71. The SMILES string of the molecule is CCCCCCC/C=C\C/C=C\CCCCCCCCCCCCCC(=O)OCC(COC(=O)CCCCCCCCCCCCCCCC)OC(=O)CCCCCCCCCCCCCCCCCCCCCCCC. The first-order chi connectivity index (χ1) is 38.0. The molecule has 0 N–H and O–H groups in total. The minimum Gasteiger partial charge on any atom is -0.462 e. The van der Waals surface area contributed by atoms with E-state index in [-0.39, 0.29) is 31.1 Å². The maximum absolute atomic E-state index is 12.9. The largest absolute Gasteiger partial charge is 0.462 e. The maximum atomic E-state index is 12.9. The van der Waals surface area contributed by atoms with Crippen LogP contribution in [-0.2, 0) is 28.6 Å². The number of rotatable bonds is 65. The van der Waals surface area contributed by atoms with Gasteiger partial charge in [-0.15, -0.1) is 0 Å². The molecule has 1 atom stereocenters. The normalized spacial score (nSPS) is 12.1. The van der Waals surface area contributed by atoms with Crippen LogP contribution in [0.2, 0.25) is 0 Å². The van der Waals surface area contributed by atoms with Gasteiger partial charge in [-0.3, -0.25) is 14.4 Å². The second kappa shape index (κ2) is 66.4. The van der Waals surface area contributed by atoms with E-state index in [2.05, 4.69) is 45.1 Å². The van der Waals surface area contributed by atoms with Crippen molar-refractivity contribution in [3.05, 3.63) is 24.3 Å². The molecule has 0 aliphatic heterocycles. The van der Waals surface area contributed by atoms with Crippen LogP contribution in [0.1, 0.15) is 393 Å². The fraction of sp³-hybridized carbons (Fsp3) is 0.901. The van der Waals surface area contributed by atoms with E-state index < -0.39 is 6.10 Å². The molecule has 0 aromatic rings. The fourth-order valence-corrected chi connectivity index (χ4v) is 10.7. The summed E-state index contributed by atoms with van der Waals surface area (Å²) < 4.78 is 17.0. The Bertz CT molecular complexity index is 1240. The number of unbranched alkanes of at least 4 members (excludes halogenated alkanes) is 50. The van der Waals surface area contributed by atoms with Crippen LogP contribution in [0.15, 0.2) is 24.3 Å². The zero-order valence-corrected chi connectivity index (χ0v) is 52.3. The molecule has 0 rings (SSSR count). The summed E-state index contributed by atoms with van der Waals surface area (Å²) in [7, 11) is 0. The number of hydrogen-bond donors (Lipinski definition) is 0. The van der Waals surface area contributed by atoms with Crippen LogP contribution in [0.5, 0.6) is 0 Å². The van der Waals surface area contributed by atoms with Crippen molar-refractivity contribution in [3.8, 4) is 0 Å². The van der Waals surface area contributed by atoms with E-state index in [4.69, 9.17) is 14.2 Å². The summed E-state index contributed by atoms with van der Waals surface area (Å²) in [5.74, 6) is -0.834. The molecule has 0 aliphatic rings. The van der Waals surface area contributed by atoms with E-state index in [1.807, 2.05) is 0 Å². The van der Waals surface area contributed by atoms with E-state index in [9.17, 15) is 14.4 Å². The van der Waals surface area contributed by atoms with Crippen molar-refractivity contribution >= 4 is 17.9 Å². The lowest BCUT2D eigenvalue weighted by molar-refractivity contribution is -0.167. The van der Waals surface area contributed by atoms with E-state index in [0.717, 1.165) is 64.2 Å². The highest BCUT2D eigenvalue weighted by Gasteiger charge is 2.19. The maximum Gasteiger partial charge on any atom is 0.306 e. The van der Waals surface area contributed by atoms with E-state index in [1.165, 1.54) is 289 Å². The van der Waals surface area contributed by atoms with Crippen LogP contribution in [0.4, 0.5) is 0 Å². The summed E-state index contributed by atoms with van der Waals surface area (Å²) in [5.41, 5.74) is 0. The summed E-state index contributed by atoms with van der Waals surface area (Å²) in [6.07, 6.45) is 80.5. The lowest BCUT2D eigenvalue weighted by atomic mass is 10.0. The van der Waals surface area contributed by atoms with Crippen LogP contribution in [0.3, 0.4) is 0 Å². The first-order valence-electron chi connectivity index (χ1n) is 34.8. The molecule has 0 aromatic carbocycles. The Labute approximate surface area is 481 Å². The molecule has 6 nitrogen and oxygen atoms in total. The third-order valence-corrected chi connectivity index (χ3v) is 16.0. The van der Waals surface area contributed by atoms with Gasteiger partial charge in [-0.25, -0.2) is 0 Å². The second-order valence-electron chi connectivity index (χ2n) is 23.8. The average Bonchev–Trinajstić information content (AvgIpc) is 3.43. The molecule has 0 saturated heterocycles. The van der Waals surface area contributed by atoms with Crippen molar-refractivity contribution in [1.29, 1.82) is 0 Å². The molecule has 6 heteroatoms. The van der Waals surface area contributed by atoms with E-state index in [1.54, 1.807) is 0 Å². The van der Waals surface area contributed by atoms with Gasteiger partial charge in [0.2, 0.25) is 0 Å². The summed E-state index contributed by atoms with van der Waals surface area (Å²) in [6, 6.07) is 0. The van der Waals surface area contributed by atoms with Crippen LogP contribution < -0.4 is 0 Å². The number of carbonyl (C=O) groups excluding carboxylic acids is 3. The lowest BCUT2D eigenvalue weighted by Crippen LogP contribution is -2.30. The topological polar surface area (TPSA) is 78.9 Å². The standard InChI is InChI=1S/C71H134O6/c1-4-7-10-13-16-19-22-25-28-30-32-34-36-38-39-41-43-46-49-52-55-58-61-64-70(73)76-67-68(66-75-69(72)63-60-57-54-51-48-45-27-24-21-18-15-12-9-6-3)77-71(74)65-62-59-56-53-50-47-44-42-40-37-35-33-31-29-26-23-20-17-14-11-8-5-2/h22,25,30,32,68H,4-21,23-24,26-29,31,33-67H2,1-3H3/b25-22-,32-30-. The number of hydrogen-bond acceptors (Lipinski definition) is 6. The van der Waals surface area contributed by atoms with Crippen molar-refractivity contribution in [1.82, 2.24) is 0 Å².